The maximum absolute atomic E-state index is 12.2. The zero-order valence-electron chi connectivity index (χ0n) is 12.4. The van der Waals surface area contributed by atoms with Crippen molar-refractivity contribution in [3.63, 3.8) is 0 Å². The smallest absolute Gasteiger partial charge is 0.329 e. The van der Waals surface area contributed by atoms with Crippen molar-refractivity contribution in [1.29, 1.82) is 0 Å². The number of carboxylic acids is 1. The molecule has 5 nitrogen and oxygen atoms in total. The number of nitrogens with zero attached hydrogens (tertiary/aromatic N) is 1. The Hall–Kier alpha value is -1.26. The van der Waals surface area contributed by atoms with E-state index in [-0.39, 0.29) is 12.1 Å². The highest BCUT2D eigenvalue weighted by molar-refractivity contribution is 5.85. The number of amides is 2. The van der Waals surface area contributed by atoms with Crippen molar-refractivity contribution in [3.8, 4) is 0 Å². The molecule has 1 unspecified atom stereocenters. The number of likely N-dealkylation sites (N-methyl/N-ethyl adjacent to an activating group) is 1. The number of aliphatic carboxylic acids is 1. The van der Waals surface area contributed by atoms with Crippen LogP contribution in [0, 0.1) is 5.92 Å². The largest absolute Gasteiger partial charge is 0.480 e. The molecule has 0 aromatic carbocycles. The van der Waals surface area contributed by atoms with E-state index in [0.29, 0.717) is 12.5 Å². The monoisotopic (exact) mass is 270 g/mol. The maximum atomic E-state index is 12.2. The van der Waals surface area contributed by atoms with Crippen LogP contribution < -0.4 is 5.32 Å². The van der Waals surface area contributed by atoms with Gasteiger partial charge in [0.25, 0.3) is 0 Å². The zero-order valence-corrected chi connectivity index (χ0v) is 12.4. The molecule has 0 aromatic heterocycles. The van der Waals surface area contributed by atoms with Crippen LogP contribution in [0.4, 0.5) is 4.79 Å². The first-order chi connectivity index (χ1) is 8.80. The predicted molar refractivity (Wildman–Crippen MR) is 74.0 cm³/mol. The van der Waals surface area contributed by atoms with Gasteiger partial charge in [-0.25, -0.2) is 9.59 Å². The van der Waals surface area contributed by atoms with Crippen LogP contribution in [0.15, 0.2) is 0 Å². The fourth-order valence-corrected chi connectivity index (χ4v) is 2.76. The quantitative estimate of drug-likeness (QED) is 0.806. The van der Waals surface area contributed by atoms with Gasteiger partial charge in [-0.1, -0.05) is 12.8 Å². The van der Waals surface area contributed by atoms with Gasteiger partial charge in [-0.3, -0.25) is 0 Å². The van der Waals surface area contributed by atoms with Gasteiger partial charge in [0.15, 0.2) is 0 Å². The molecule has 1 aliphatic rings. The molecule has 0 saturated heterocycles. The van der Waals surface area contributed by atoms with Crippen LogP contribution in [0.1, 0.15) is 53.4 Å². The Labute approximate surface area is 115 Å². The number of hydrogen-bond donors (Lipinski definition) is 2. The van der Waals surface area contributed by atoms with E-state index in [2.05, 4.69) is 5.32 Å². The van der Waals surface area contributed by atoms with Crippen molar-refractivity contribution in [2.24, 2.45) is 5.92 Å². The van der Waals surface area contributed by atoms with Gasteiger partial charge < -0.3 is 15.3 Å². The number of carbonyl (C=O) groups excluding carboxylic acids is 1. The molecule has 1 atom stereocenters. The molecule has 0 spiro atoms. The summed E-state index contributed by atoms with van der Waals surface area (Å²) in [6.07, 6.45) is 4.75. The third-order valence-electron chi connectivity index (χ3n) is 4.22. The Morgan fingerprint density at radius 1 is 1.37 bits per heavy atom. The van der Waals surface area contributed by atoms with Crippen molar-refractivity contribution < 1.29 is 14.7 Å². The predicted octanol–water partition coefficient (Wildman–Crippen LogP) is 2.46. The molecule has 2 amide bonds. The second-order valence-electron chi connectivity index (χ2n) is 5.89. The Kier molecular flexibility index (Phi) is 5.20. The van der Waals surface area contributed by atoms with Gasteiger partial charge in [0.1, 0.15) is 5.54 Å². The summed E-state index contributed by atoms with van der Waals surface area (Å²) >= 11 is 0. The SMILES string of the molecule is CCN(C(=O)NC(C)C1CCCC1)C(C)(C)C(=O)O. The highest BCUT2D eigenvalue weighted by atomic mass is 16.4. The van der Waals surface area contributed by atoms with Crippen molar-refractivity contribution in [2.75, 3.05) is 6.54 Å². The van der Waals surface area contributed by atoms with Crippen molar-refractivity contribution in [1.82, 2.24) is 10.2 Å². The summed E-state index contributed by atoms with van der Waals surface area (Å²) in [5.41, 5.74) is -1.19. The molecule has 19 heavy (non-hydrogen) atoms. The number of carbonyl (C=O) groups is 2. The van der Waals surface area contributed by atoms with E-state index in [1.807, 2.05) is 6.92 Å². The van der Waals surface area contributed by atoms with Crippen LogP contribution >= 0.6 is 0 Å². The van der Waals surface area contributed by atoms with E-state index in [1.54, 1.807) is 20.8 Å². The molecule has 2 N–H and O–H groups in total. The van der Waals surface area contributed by atoms with Crippen LogP contribution in [0.3, 0.4) is 0 Å². The van der Waals surface area contributed by atoms with Crippen molar-refractivity contribution in [3.05, 3.63) is 0 Å². The summed E-state index contributed by atoms with van der Waals surface area (Å²) in [6, 6.07) is -0.178. The number of urea groups is 1. The zero-order chi connectivity index (χ0) is 14.6. The lowest BCUT2D eigenvalue weighted by Gasteiger charge is -2.35. The van der Waals surface area contributed by atoms with E-state index in [9.17, 15) is 14.7 Å². The summed E-state index contributed by atoms with van der Waals surface area (Å²) in [7, 11) is 0. The van der Waals surface area contributed by atoms with Gasteiger partial charge in [0.05, 0.1) is 0 Å². The summed E-state index contributed by atoms with van der Waals surface area (Å²) in [5, 5.41) is 12.2. The molecule has 1 saturated carbocycles. The van der Waals surface area contributed by atoms with Crippen LogP contribution in [-0.2, 0) is 4.79 Å². The van der Waals surface area contributed by atoms with Crippen molar-refractivity contribution >= 4 is 12.0 Å². The van der Waals surface area contributed by atoms with Gasteiger partial charge in [-0.15, -0.1) is 0 Å². The highest BCUT2D eigenvalue weighted by Gasteiger charge is 2.37. The third-order valence-corrected chi connectivity index (χ3v) is 4.22. The molecular formula is C14H26N2O3. The Morgan fingerprint density at radius 3 is 2.32 bits per heavy atom. The Morgan fingerprint density at radius 2 is 1.89 bits per heavy atom. The number of hydrogen-bond acceptors (Lipinski definition) is 2. The highest BCUT2D eigenvalue weighted by Crippen LogP contribution is 2.27. The second kappa shape index (κ2) is 6.26. The first-order valence-corrected chi connectivity index (χ1v) is 7.12. The molecule has 0 heterocycles. The third kappa shape index (κ3) is 3.61. The van der Waals surface area contributed by atoms with Crippen LogP contribution in [-0.4, -0.2) is 40.1 Å². The minimum Gasteiger partial charge on any atom is -0.480 e. The van der Waals surface area contributed by atoms with E-state index in [4.69, 9.17) is 0 Å². The normalized spacial score (nSPS) is 18.1. The topological polar surface area (TPSA) is 69.6 Å². The fourth-order valence-electron chi connectivity index (χ4n) is 2.76. The summed E-state index contributed by atoms with van der Waals surface area (Å²) in [4.78, 5) is 24.9. The molecule has 1 rings (SSSR count). The average Bonchev–Trinajstić information content (AvgIpc) is 2.82. The molecule has 110 valence electrons. The average molecular weight is 270 g/mol. The standard InChI is InChI=1S/C14H26N2O3/c1-5-16(14(3,4)12(17)18)13(19)15-10(2)11-8-6-7-9-11/h10-11H,5-9H2,1-4H3,(H,15,19)(H,17,18). The molecule has 1 aliphatic carbocycles. The van der Waals surface area contributed by atoms with Gasteiger partial charge in [-0.05, 0) is 46.5 Å². The molecule has 0 radical (unpaired) electrons. The molecule has 5 heteroatoms. The number of rotatable bonds is 5. The number of carboxylic acid groups (broad SMARTS) is 1. The van der Waals surface area contributed by atoms with E-state index >= 15 is 0 Å². The van der Waals surface area contributed by atoms with Gasteiger partial charge in [-0.2, -0.15) is 0 Å². The maximum Gasteiger partial charge on any atom is 0.329 e. The van der Waals surface area contributed by atoms with E-state index in [1.165, 1.54) is 17.7 Å². The lowest BCUT2D eigenvalue weighted by Crippen LogP contribution is -2.57. The summed E-state index contributed by atoms with van der Waals surface area (Å²) in [5.74, 6) is -0.464. The summed E-state index contributed by atoms with van der Waals surface area (Å²) in [6.45, 7) is 7.29. The lowest BCUT2D eigenvalue weighted by molar-refractivity contribution is -0.147. The minimum absolute atomic E-state index is 0.105. The summed E-state index contributed by atoms with van der Waals surface area (Å²) < 4.78 is 0. The lowest BCUT2D eigenvalue weighted by atomic mass is 9.99. The second-order valence-corrected chi connectivity index (χ2v) is 5.89. The van der Waals surface area contributed by atoms with E-state index < -0.39 is 11.5 Å². The molecular weight excluding hydrogens is 244 g/mol. The van der Waals surface area contributed by atoms with Crippen LogP contribution in [0.5, 0.6) is 0 Å². The van der Waals surface area contributed by atoms with Crippen molar-refractivity contribution in [2.45, 2.75) is 65.0 Å². The van der Waals surface area contributed by atoms with Crippen LogP contribution in [0.25, 0.3) is 0 Å². The van der Waals surface area contributed by atoms with Gasteiger partial charge in [0, 0.05) is 12.6 Å². The van der Waals surface area contributed by atoms with Gasteiger partial charge in [0.2, 0.25) is 0 Å². The molecule has 1 fully saturated rings. The first kappa shape index (κ1) is 15.8. The first-order valence-electron chi connectivity index (χ1n) is 7.12. The number of nitrogens with one attached hydrogen (secondary N) is 1. The molecule has 0 aliphatic heterocycles. The molecule has 0 bridgehead atoms. The minimum atomic E-state index is -1.19. The van der Waals surface area contributed by atoms with Crippen LogP contribution in [0.2, 0.25) is 0 Å². The Balaban J connectivity index is 2.66. The van der Waals surface area contributed by atoms with Gasteiger partial charge >= 0.3 is 12.0 Å². The Bertz CT molecular complexity index is 336. The fraction of sp³-hybridized carbons (Fsp3) is 0.857. The molecule has 0 aromatic rings. The van der Waals surface area contributed by atoms with E-state index in [0.717, 1.165) is 12.8 Å².